The van der Waals surface area contributed by atoms with Crippen LogP contribution in [0.3, 0.4) is 0 Å². The second-order valence-corrected chi connectivity index (χ2v) is 5.51. The Kier molecular flexibility index (Phi) is 4.19. The van der Waals surface area contributed by atoms with Crippen molar-refractivity contribution in [3.8, 4) is 0 Å². The molecule has 0 saturated carbocycles. The SMILES string of the molecule is Cc1ccc(Nc2nc(C)nc(Nc3ccc(C)cc3)n2)cc1. The Morgan fingerprint density at radius 3 is 1.35 bits per heavy atom. The molecular weight excluding hydrogens is 286 g/mol. The van der Waals surface area contributed by atoms with E-state index in [1.54, 1.807) is 0 Å². The number of nitrogens with zero attached hydrogens (tertiary/aromatic N) is 3. The van der Waals surface area contributed by atoms with Gasteiger partial charge in [0.1, 0.15) is 5.82 Å². The number of anilines is 4. The van der Waals surface area contributed by atoms with Gasteiger partial charge in [-0.2, -0.15) is 15.0 Å². The molecule has 3 aromatic rings. The third-order valence-corrected chi connectivity index (χ3v) is 3.36. The first-order valence-corrected chi connectivity index (χ1v) is 7.48. The van der Waals surface area contributed by atoms with Gasteiger partial charge >= 0.3 is 0 Å². The Morgan fingerprint density at radius 2 is 0.957 bits per heavy atom. The van der Waals surface area contributed by atoms with Crippen LogP contribution in [0.5, 0.6) is 0 Å². The molecule has 0 saturated heterocycles. The molecule has 0 unspecified atom stereocenters. The van der Waals surface area contributed by atoms with Crippen molar-refractivity contribution >= 4 is 23.3 Å². The molecule has 116 valence electrons. The lowest BCUT2D eigenvalue weighted by Crippen LogP contribution is -2.05. The van der Waals surface area contributed by atoms with E-state index < -0.39 is 0 Å². The van der Waals surface area contributed by atoms with Crippen LogP contribution in [0.4, 0.5) is 23.3 Å². The van der Waals surface area contributed by atoms with Crippen LogP contribution in [-0.4, -0.2) is 15.0 Å². The molecule has 2 N–H and O–H groups in total. The molecule has 0 radical (unpaired) electrons. The van der Waals surface area contributed by atoms with E-state index in [-0.39, 0.29) is 0 Å². The minimum Gasteiger partial charge on any atom is -0.324 e. The van der Waals surface area contributed by atoms with Crippen molar-refractivity contribution in [1.29, 1.82) is 0 Å². The Hall–Kier alpha value is -2.95. The van der Waals surface area contributed by atoms with Gasteiger partial charge in [-0.15, -0.1) is 0 Å². The van der Waals surface area contributed by atoms with Gasteiger partial charge in [0.2, 0.25) is 11.9 Å². The molecule has 3 rings (SSSR count). The van der Waals surface area contributed by atoms with Crippen molar-refractivity contribution in [2.24, 2.45) is 0 Å². The molecule has 5 heteroatoms. The Balaban J connectivity index is 1.81. The standard InChI is InChI=1S/C18H19N5/c1-12-4-8-15(9-5-12)21-17-19-14(3)20-18(23-17)22-16-10-6-13(2)7-11-16/h4-11H,1-3H3,(H2,19,20,21,22,23). The highest BCUT2D eigenvalue weighted by Crippen LogP contribution is 2.17. The van der Waals surface area contributed by atoms with E-state index in [1.807, 2.05) is 55.5 Å². The van der Waals surface area contributed by atoms with Crippen LogP contribution in [0, 0.1) is 20.8 Å². The van der Waals surface area contributed by atoms with Crippen LogP contribution < -0.4 is 10.6 Å². The molecule has 0 aliphatic heterocycles. The first-order valence-electron chi connectivity index (χ1n) is 7.48. The lowest BCUT2D eigenvalue weighted by atomic mass is 10.2. The summed E-state index contributed by atoms with van der Waals surface area (Å²) in [5.74, 6) is 1.70. The predicted molar refractivity (Wildman–Crippen MR) is 93.5 cm³/mol. The summed E-state index contributed by atoms with van der Waals surface area (Å²) in [6.45, 7) is 5.96. The van der Waals surface area contributed by atoms with E-state index in [2.05, 4.69) is 39.4 Å². The minimum absolute atomic E-state index is 0.524. The Bertz CT molecular complexity index is 729. The largest absolute Gasteiger partial charge is 0.324 e. The molecular formula is C18H19N5. The highest BCUT2D eigenvalue weighted by Gasteiger charge is 2.05. The summed E-state index contributed by atoms with van der Waals surface area (Å²) in [6.07, 6.45) is 0. The molecule has 1 aromatic heterocycles. The fourth-order valence-electron chi connectivity index (χ4n) is 2.13. The summed E-state index contributed by atoms with van der Waals surface area (Å²) >= 11 is 0. The number of hydrogen-bond acceptors (Lipinski definition) is 5. The molecule has 0 spiro atoms. The van der Waals surface area contributed by atoms with Gasteiger partial charge in [0, 0.05) is 11.4 Å². The molecule has 0 amide bonds. The third-order valence-electron chi connectivity index (χ3n) is 3.36. The molecule has 0 atom stereocenters. The van der Waals surface area contributed by atoms with E-state index in [0.29, 0.717) is 17.7 Å². The second-order valence-electron chi connectivity index (χ2n) is 5.51. The van der Waals surface area contributed by atoms with Crippen molar-refractivity contribution in [1.82, 2.24) is 15.0 Å². The molecule has 2 aromatic carbocycles. The highest BCUT2D eigenvalue weighted by molar-refractivity contribution is 5.57. The smallest absolute Gasteiger partial charge is 0.232 e. The molecule has 0 aliphatic rings. The summed E-state index contributed by atoms with van der Waals surface area (Å²) in [4.78, 5) is 13.1. The van der Waals surface area contributed by atoms with Crippen LogP contribution in [0.1, 0.15) is 17.0 Å². The quantitative estimate of drug-likeness (QED) is 0.753. The predicted octanol–water partition coefficient (Wildman–Crippen LogP) is 4.28. The van der Waals surface area contributed by atoms with Crippen molar-refractivity contribution in [2.45, 2.75) is 20.8 Å². The number of benzene rings is 2. The van der Waals surface area contributed by atoms with Crippen molar-refractivity contribution < 1.29 is 0 Å². The number of hydrogen-bond donors (Lipinski definition) is 2. The maximum atomic E-state index is 4.42. The summed E-state index contributed by atoms with van der Waals surface area (Å²) in [5, 5.41) is 6.41. The summed E-state index contributed by atoms with van der Waals surface area (Å²) < 4.78 is 0. The fraction of sp³-hybridized carbons (Fsp3) is 0.167. The maximum absolute atomic E-state index is 4.42. The van der Waals surface area contributed by atoms with E-state index in [1.165, 1.54) is 11.1 Å². The lowest BCUT2D eigenvalue weighted by molar-refractivity contribution is 0.989. The van der Waals surface area contributed by atoms with Crippen LogP contribution in [0.15, 0.2) is 48.5 Å². The molecule has 0 aliphatic carbocycles. The van der Waals surface area contributed by atoms with E-state index >= 15 is 0 Å². The van der Waals surface area contributed by atoms with Crippen LogP contribution in [0.25, 0.3) is 0 Å². The first-order chi connectivity index (χ1) is 11.1. The zero-order valence-electron chi connectivity index (χ0n) is 13.5. The Labute approximate surface area is 135 Å². The van der Waals surface area contributed by atoms with E-state index in [4.69, 9.17) is 0 Å². The highest BCUT2D eigenvalue weighted by atomic mass is 15.2. The maximum Gasteiger partial charge on any atom is 0.232 e. The first kappa shape index (κ1) is 15.0. The minimum atomic E-state index is 0.524. The zero-order chi connectivity index (χ0) is 16.2. The monoisotopic (exact) mass is 305 g/mol. The molecule has 0 bridgehead atoms. The van der Waals surface area contributed by atoms with Crippen molar-refractivity contribution in [3.63, 3.8) is 0 Å². The van der Waals surface area contributed by atoms with Gasteiger partial charge in [-0.3, -0.25) is 0 Å². The molecule has 0 fully saturated rings. The van der Waals surface area contributed by atoms with Gasteiger partial charge in [0.25, 0.3) is 0 Å². The van der Waals surface area contributed by atoms with Gasteiger partial charge < -0.3 is 10.6 Å². The van der Waals surface area contributed by atoms with Gasteiger partial charge in [-0.1, -0.05) is 35.4 Å². The van der Waals surface area contributed by atoms with E-state index in [9.17, 15) is 0 Å². The number of rotatable bonds is 4. The van der Waals surface area contributed by atoms with Crippen LogP contribution in [0.2, 0.25) is 0 Å². The average molecular weight is 305 g/mol. The second kappa shape index (κ2) is 6.44. The van der Waals surface area contributed by atoms with Gasteiger partial charge in [0.15, 0.2) is 0 Å². The lowest BCUT2D eigenvalue weighted by Gasteiger charge is -2.09. The number of aromatic nitrogens is 3. The normalized spacial score (nSPS) is 10.4. The number of nitrogens with one attached hydrogen (secondary N) is 2. The van der Waals surface area contributed by atoms with Crippen LogP contribution >= 0.6 is 0 Å². The summed E-state index contributed by atoms with van der Waals surface area (Å²) in [6, 6.07) is 16.2. The molecule has 5 nitrogen and oxygen atoms in total. The summed E-state index contributed by atoms with van der Waals surface area (Å²) in [7, 11) is 0. The van der Waals surface area contributed by atoms with Gasteiger partial charge in [-0.25, -0.2) is 0 Å². The third kappa shape index (κ3) is 4.03. The Morgan fingerprint density at radius 1 is 0.565 bits per heavy atom. The van der Waals surface area contributed by atoms with Crippen molar-refractivity contribution in [2.75, 3.05) is 10.6 Å². The zero-order valence-corrected chi connectivity index (χ0v) is 13.5. The van der Waals surface area contributed by atoms with Crippen LogP contribution in [-0.2, 0) is 0 Å². The van der Waals surface area contributed by atoms with Crippen molar-refractivity contribution in [3.05, 3.63) is 65.5 Å². The topological polar surface area (TPSA) is 62.7 Å². The molecule has 1 heterocycles. The van der Waals surface area contributed by atoms with Gasteiger partial charge in [0.05, 0.1) is 0 Å². The fourth-order valence-corrected chi connectivity index (χ4v) is 2.13. The number of aryl methyl sites for hydroxylation is 3. The summed E-state index contributed by atoms with van der Waals surface area (Å²) in [5.41, 5.74) is 4.32. The van der Waals surface area contributed by atoms with E-state index in [0.717, 1.165) is 11.4 Å². The van der Waals surface area contributed by atoms with Gasteiger partial charge in [-0.05, 0) is 45.0 Å². The average Bonchev–Trinajstić information content (AvgIpc) is 2.51. The molecule has 23 heavy (non-hydrogen) atoms.